The first-order valence-corrected chi connectivity index (χ1v) is 6.43. The number of carbonyl (C=O) groups excluding carboxylic acids is 1. The summed E-state index contributed by atoms with van der Waals surface area (Å²) in [5, 5.41) is 13.5. The predicted molar refractivity (Wildman–Crippen MR) is 72.6 cm³/mol. The van der Waals surface area contributed by atoms with Gasteiger partial charge in [-0.25, -0.2) is 0 Å². The summed E-state index contributed by atoms with van der Waals surface area (Å²) < 4.78 is 0.367. The van der Waals surface area contributed by atoms with E-state index in [1.807, 2.05) is 0 Å². The Morgan fingerprint density at radius 3 is 2.72 bits per heavy atom. The number of nitrogens with one attached hydrogen (secondary N) is 1. The lowest BCUT2D eigenvalue weighted by Gasteiger charge is -2.07. The fourth-order valence-electron chi connectivity index (χ4n) is 1.37. The molecule has 0 bridgehead atoms. The lowest BCUT2D eigenvalue weighted by Crippen LogP contribution is -2.25. The minimum atomic E-state index is -0.519. The number of halogens is 1. The molecule has 0 aromatic heterocycles. The van der Waals surface area contributed by atoms with Crippen LogP contribution in [0.3, 0.4) is 0 Å². The molecule has 1 rings (SSSR count). The van der Waals surface area contributed by atoms with E-state index in [1.165, 1.54) is 12.1 Å². The molecule has 0 unspecified atom stereocenters. The summed E-state index contributed by atoms with van der Waals surface area (Å²) in [6, 6.07) is 4.34. The topological polar surface area (TPSA) is 72.2 Å². The molecule has 1 aromatic carbocycles. The summed E-state index contributed by atoms with van der Waals surface area (Å²) in [4.78, 5) is 22.0. The second-order valence-corrected chi connectivity index (χ2v) is 5.22. The van der Waals surface area contributed by atoms with Gasteiger partial charge in [0.05, 0.1) is 9.40 Å². The maximum atomic E-state index is 11.8. The van der Waals surface area contributed by atoms with Gasteiger partial charge in [0.1, 0.15) is 0 Å². The van der Waals surface area contributed by atoms with E-state index in [1.54, 1.807) is 6.07 Å². The third-order valence-electron chi connectivity index (χ3n) is 2.41. The van der Waals surface area contributed by atoms with E-state index < -0.39 is 4.92 Å². The molecular weight excluding hydrogens is 300 g/mol. The van der Waals surface area contributed by atoms with Gasteiger partial charge < -0.3 is 5.32 Å². The number of nitro groups is 1. The SMILES string of the molecule is CC(C)CCNC(=O)c1ccc(Br)c([N+](=O)[O-])c1. The normalized spacial score (nSPS) is 10.4. The van der Waals surface area contributed by atoms with Crippen LogP contribution < -0.4 is 5.32 Å². The molecule has 5 nitrogen and oxygen atoms in total. The largest absolute Gasteiger partial charge is 0.352 e. The van der Waals surface area contributed by atoms with Gasteiger partial charge in [0.25, 0.3) is 11.6 Å². The van der Waals surface area contributed by atoms with Gasteiger partial charge in [-0.15, -0.1) is 0 Å². The van der Waals surface area contributed by atoms with Crippen LogP contribution in [0.2, 0.25) is 0 Å². The van der Waals surface area contributed by atoms with Gasteiger partial charge in [-0.05, 0) is 40.4 Å². The highest BCUT2D eigenvalue weighted by atomic mass is 79.9. The van der Waals surface area contributed by atoms with E-state index in [2.05, 4.69) is 35.1 Å². The maximum Gasteiger partial charge on any atom is 0.284 e. The molecule has 1 N–H and O–H groups in total. The number of rotatable bonds is 5. The van der Waals surface area contributed by atoms with Crippen molar-refractivity contribution in [1.82, 2.24) is 5.32 Å². The summed E-state index contributed by atoms with van der Waals surface area (Å²) in [5.41, 5.74) is 0.195. The lowest BCUT2D eigenvalue weighted by atomic mass is 10.1. The van der Waals surface area contributed by atoms with Crippen LogP contribution in [0.4, 0.5) is 5.69 Å². The van der Waals surface area contributed by atoms with Crippen LogP contribution in [0.1, 0.15) is 30.6 Å². The van der Waals surface area contributed by atoms with E-state index in [9.17, 15) is 14.9 Å². The fraction of sp³-hybridized carbons (Fsp3) is 0.417. The van der Waals surface area contributed by atoms with Crippen LogP contribution in [0.15, 0.2) is 22.7 Å². The van der Waals surface area contributed by atoms with Gasteiger partial charge in [0.2, 0.25) is 0 Å². The standard InChI is InChI=1S/C12H15BrN2O3/c1-8(2)5-6-14-12(16)9-3-4-10(13)11(7-9)15(17)18/h3-4,7-8H,5-6H2,1-2H3,(H,14,16). The van der Waals surface area contributed by atoms with Gasteiger partial charge in [-0.1, -0.05) is 13.8 Å². The molecule has 1 amide bonds. The smallest absolute Gasteiger partial charge is 0.284 e. The molecule has 18 heavy (non-hydrogen) atoms. The molecule has 0 aliphatic heterocycles. The molecule has 0 fully saturated rings. The van der Waals surface area contributed by atoms with E-state index in [-0.39, 0.29) is 11.6 Å². The molecule has 0 radical (unpaired) electrons. The zero-order chi connectivity index (χ0) is 13.7. The van der Waals surface area contributed by atoms with Crippen LogP contribution in [0.5, 0.6) is 0 Å². The Morgan fingerprint density at radius 2 is 2.17 bits per heavy atom. The van der Waals surface area contributed by atoms with Gasteiger partial charge in [0.15, 0.2) is 0 Å². The minimum absolute atomic E-state index is 0.105. The first kappa shape index (κ1) is 14.6. The zero-order valence-corrected chi connectivity index (χ0v) is 11.9. The van der Waals surface area contributed by atoms with Crippen molar-refractivity contribution in [3.8, 4) is 0 Å². The molecular formula is C12H15BrN2O3. The number of benzene rings is 1. The molecule has 0 atom stereocenters. The van der Waals surface area contributed by atoms with Crippen LogP contribution in [-0.2, 0) is 0 Å². The number of carbonyl (C=O) groups is 1. The van der Waals surface area contributed by atoms with E-state index in [4.69, 9.17) is 0 Å². The van der Waals surface area contributed by atoms with Crippen molar-refractivity contribution in [1.29, 1.82) is 0 Å². The van der Waals surface area contributed by atoms with Crippen molar-refractivity contribution in [2.45, 2.75) is 20.3 Å². The average molecular weight is 315 g/mol. The second kappa shape index (κ2) is 6.49. The number of nitro benzene ring substituents is 1. The Balaban J connectivity index is 2.74. The molecule has 0 aliphatic carbocycles. The van der Waals surface area contributed by atoms with Crippen LogP contribution in [0, 0.1) is 16.0 Å². The third-order valence-corrected chi connectivity index (χ3v) is 3.08. The highest BCUT2D eigenvalue weighted by molar-refractivity contribution is 9.10. The summed E-state index contributed by atoms with van der Waals surface area (Å²) in [6.45, 7) is 4.70. The Morgan fingerprint density at radius 1 is 1.50 bits per heavy atom. The second-order valence-electron chi connectivity index (χ2n) is 4.36. The number of hydrogen-bond donors (Lipinski definition) is 1. The first-order chi connectivity index (χ1) is 8.41. The van der Waals surface area contributed by atoms with Crippen molar-refractivity contribution < 1.29 is 9.72 Å². The van der Waals surface area contributed by atoms with Crippen LogP contribution >= 0.6 is 15.9 Å². The van der Waals surface area contributed by atoms with Crippen molar-refractivity contribution in [2.24, 2.45) is 5.92 Å². The summed E-state index contributed by atoms with van der Waals surface area (Å²) in [6.07, 6.45) is 0.879. The summed E-state index contributed by atoms with van der Waals surface area (Å²) >= 11 is 3.08. The molecule has 0 saturated carbocycles. The van der Waals surface area contributed by atoms with Crippen molar-refractivity contribution in [2.75, 3.05) is 6.54 Å². The van der Waals surface area contributed by atoms with Gasteiger partial charge in [-0.3, -0.25) is 14.9 Å². The highest BCUT2D eigenvalue weighted by Gasteiger charge is 2.15. The Bertz CT molecular complexity index is 461. The molecule has 6 heteroatoms. The molecule has 0 spiro atoms. The quantitative estimate of drug-likeness (QED) is 0.670. The van der Waals surface area contributed by atoms with Crippen molar-refractivity contribution >= 4 is 27.5 Å². The number of nitrogens with zero attached hydrogens (tertiary/aromatic N) is 1. The molecule has 1 aromatic rings. The Hall–Kier alpha value is -1.43. The monoisotopic (exact) mass is 314 g/mol. The molecule has 0 heterocycles. The minimum Gasteiger partial charge on any atom is -0.352 e. The molecule has 0 saturated heterocycles. The third kappa shape index (κ3) is 4.10. The first-order valence-electron chi connectivity index (χ1n) is 5.64. The fourth-order valence-corrected chi connectivity index (χ4v) is 1.76. The Labute approximate surface area is 114 Å². The van der Waals surface area contributed by atoms with Crippen molar-refractivity contribution in [3.63, 3.8) is 0 Å². The van der Waals surface area contributed by atoms with Crippen LogP contribution in [0.25, 0.3) is 0 Å². The summed E-state index contributed by atoms with van der Waals surface area (Å²) in [7, 11) is 0. The van der Waals surface area contributed by atoms with E-state index >= 15 is 0 Å². The maximum absolute atomic E-state index is 11.8. The van der Waals surface area contributed by atoms with Gasteiger partial charge >= 0.3 is 0 Å². The average Bonchev–Trinajstić information content (AvgIpc) is 2.28. The van der Waals surface area contributed by atoms with Gasteiger partial charge in [0, 0.05) is 18.2 Å². The van der Waals surface area contributed by atoms with Gasteiger partial charge in [-0.2, -0.15) is 0 Å². The summed E-state index contributed by atoms with van der Waals surface area (Å²) in [5.74, 6) is 0.218. The molecule has 98 valence electrons. The van der Waals surface area contributed by atoms with E-state index in [0.717, 1.165) is 6.42 Å². The highest BCUT2D eigenvalue weighted by Crippen LogP contribution is 2.25. The van der Waals surface area contributed by atoms with Crippen LogP contribution in [-0.4, -0.2) is 17.4 Å². The van der Waals surface area contributed by atoms with E-state index in [0.29, 0.717) is 22.5 Å². The Kier molecular flexibility index (Phi) is 5.27. The lowest BCUT2D eigenvalue weighted by molar-refractivity contribution is -0.385. The van der Waals surface area contributed by atoms with Crippen molar-refractivity contribution in [3.05, 3.63) is 38.3 Å². The number of hydrogen-bond acceptors (Lipinski definition) is 3. The zero-order valence-electron chi connectivity index (χ0n) is 10.3. The predicted octanol–water partition coefficient (Wildman–Crippen LogP) is 3.13. The molecule has 0 aliphatic rings. The number of amides is 1.